The zero-order valence-corrected chi connectivity index (χ0v) is 16.3. The van der Waals surface area contributed by atoms with Crippen molar-refractivity contribution in [2.75, 3.05) is 4.90 Å². The molecule has 1 heterocycles. The van der Waals surface area contributed by atoms with Gasteiger partial charge >= 0.3 is 5.97 Å². The van der Waals surface area contributed by atoms with Crippen LogP contribution in [0, 0.1) is 0 Å². The van der Waals surface area contributed by atoms with Gasteiger partial charge in [0.25, 0.3) is 0 Å². The summed E-state index contributed by atoms with van der Waals surface area (Å²) >= 11 is 1.35. The van der Waals surface area contributed by atoms with Gasteiger partial charge in [-0.2, -0.15) is 0 Å². The summed E-state index contributed by atoms with van der Waals surface area (Å²) in [6, 6.07) is 19.1. The first-order valence-electron chi connectivity index (χ1n) is 9.13. The highest BCUT2D eigenvalue weighted by molar-refractivity contribution is 7.14. The Labute approximate surface area is 167 Å². The fourth-order valence-electron chi connectivity index (χ4n) is 3.24. The van der Waals surface area contributed by atoms with Gasteiger partial charge in [0.15, 0.2) is 5.13 Å². The normalized spacial score (nSPS) is 14.3. The number of para-hydroxylation sites is 1. The average molecular weight is 392 g/mol. The largest absolute Gasteiger partial charge is 0.458 e. The molecule has 0 radical (unpaired) electrons. The summed E-state index contributed by atoms with van der Waals surface area (Å²) in [6.45, 7) is 1.61. The highest BCUT2D eigenvalue weighted by atomic mass is 32.1. The number of ether oxygens (including phenoxy) is 1. The van der Waals surface area contributed by atoms with E-state index in [9.17, 15) is 9.59 Å². The maximum absolute atomic E-state index is 12.7. The molecule has 0 N–H and O–H groups in total. The van der Waals surface area contributed by atoms with Crippen molar-refractivity contribution in [2.24, 2.45) is 0 Å². The summed E-state index contributed by atoms with van der Waals surface area (Å²) in [5.74, 6) is -0.329. The zero-order valence-electron chi connectivity index (χ0n) is 15.5. The van der Waals surface area contributed by atoms with Crippen LogP contribution in [-0.2, 0) is 26.3 Å². The van der Waals surface area contributed by atoms with Crippen LogP contribution >= 0.6 is 11.3 Å². The number of carbonyl (C=O) groups excluding carboxylic acids is 2. The molecule has 0 aliphatic heterocycles. The molecule has 5 nitrogen and oxygen atoms in total. The smallest absolute Gasteiger partial charge is 0.316 e. The minimum absolute atomic E-state index is 0.102. The number of rotatable bonds is 6. The molecule has 1 fully saturated rings. The molecule has 0 saturated heterocycles. The number of anilines is 2. The first-order valence-corrected chi connectivity index (χ1v) is 10.0. The van der Waals surface area contributed by atoms with Gasteiger partial charge in [0, 0.05) is 12.3 Å². The second-order valence-electron chi connectivity index (χ2n) is 6.84. The number of hydrogen-bond acceptors (Lipinski definition) is 5. The molecule has 28 heavy (non-hydrogen) atoms. The van der Waals surface area contributed by atoms with E-state index in [1.54, 1.807) is 4.90 Å². The van der Waals surface area contributed by atoms with E-state index in [2.05, 4.69) is 4.98 Å². The Balaban J connectivity index is 1.45. The summed E-state index contributed by atoms with van der Waals surface area (Å²) in [6.07, 6.45) is 1.62. The number of benzene rings is 2. The lowest BCUT2D eigenvalue weighted by molar-refractivity contribution is -0.148. The molecular weight excluding hydrogens is 372 g/mol. The van der Waals surface area contributed by atoms with Gasteiger partial charge in [0.1, 0.15) is 6.61 Å². The number of nitrogens with zero attached hydrogens (tertiary/aromatic N) is 2. The standard InChI is InChI=1S/C22H20N2O3S/c1-16(25)24(19-10-6-3-7-11-19)21-23-18(15-28-21)14-27-20(26)22(12-13-22)17-8-4-2-5-9-17/h2-11,15H,12-14H2,1H3. The monoisotopic (exact) mass is 392 g/mol. The van der Waals surface area contributed by atoms with Crippen LogP contribution in [0.15, 0.2) is 66.0 Å². The molecule has 0 spiro atoms. The summed E-state index contributed by atoms with van der Waals surface area (Å²) < 4.78 is 5.57. The zero-order chi connectivity index (χ0) is 19.6. The number of aromatic nitrogens is 1. The van der Waals surface area contributed by atoms with Crippen LogP contribution in [0.1, 0.15) is 31.0 Å². The molecule has 1 aromatic heterocycles. The van der Waals surface area contributed by atoms with Crippen molar-refractivity contribution >= 4 is 34.0 Å². The lowest BCUT2D eigenvalue weighted by atomic mass is 9.96. The Kier molecular flexibility index (Phi) is 4.96. The van der Waals surface area contributed by atoms with E-state index in [0.717, 1.165) is 24.1 Å². The molecule has 1 amide bonds. The van der Waals surface area contributed by atoms with Crippen LogP contribution in [0.5, 0.6) is 0 Å². The fraction of sp³-hybridized carbons (Fsp3) is 0.227. The van der Waals surface area contributed by atoms with Crippen molar-refractivity contribution in [1.29, 1.82) is 0 Å². The maximum atomic E-state index is 12.7. The van der Waals surface area contributed by atoms with Crippen LogP contribution in [0.3, 0.4) is 0 Å². The fourth-order valence-corrected chi connectivity index (χ4v) is 4.11. The first kappa shape index (κ1) is 18.4. The van der Waals surface area contributed by atoms with E-state index >= 15 is 0 Å². The molecule has 0 bridgehead atoms. The SMILES string of the molecule is CC(=O)N(c1ccccc1)c1nc(COC(=O)C2(c3ccccc3)CC2)cs1. The Morgan fingerprint density at radius 1 is 1.07 bits per heavy atom. The van der Waals surface area contributed by atoms with Crippen LogP contribution in [0.25, 0.3) is 0 Å². The van der Waals surface area contributed by atoms with Gasteiger partial charge in [-0.3, -0.25) is 14.5 Å². The minimum atomic E-state index is -0.504. The lowest BCUT2D eigenvalue weighted by Gasteiger charge is -2.17. The Hall–Kier alpha value is -2.99. The van der Waals surface area contributed by atoms with Crippen LogP contribution in [0.2, 0.25) is 0 Å². The van der Waals surface area contributed by atoms with E-state index < -0.39 is 5.41 Å². The second-order valence-corrected chi connectivity index (χ2v) is 7.67. The molecule has 0 unspecified atom stereocenters. The third kappa shape index (κ3) is 3.55. The topological polar surface area (TPSA) is 59.5 Å². The van der Waals surface area contributed by atoms with E-state index in [4.69, 9.17) is 4.74 Å². The summed E-state index contributed by atoms with van der Waals surface area (Å²) in [7, 11) is 0. The van der Waals surface area contributed by atoms with Crippen molar-refractivity contribution in [3.05, 3.63) is 77.3 Å². The van der Waals surface area contributed by atoms with E-state index in [0.29, 0.717) is 10.8 Å². The predicted molar refractivity (Wildman–Crippen MR) is 109 cm³/mol. The maximum Gasteiger partial charge on any atom is 0.316 e. The number of amides is 1. The number of hydrogen-bond donors (Lipinski definition) is 0. The minimum Gasteiger partial charge on any atom is -0.458 e. The van der Waals surface area contributed by atoms with Gasteiger partial charge < -0.3 is 4.74 Å². The summed E-state index contributed by atoms with van der Waals surface area (Å²) in [5.41, 5.74) is 1.90. The molecule has 1 aliphatic carbocycles. The van der Waals surface area contributed by atoms with Gasteiger partial charge in [-0.05, 0) is 30.5 Å². The summed E-state index contributed by atoms with van der Waals surface area (Å²) in [4.78, 5) is 30.8. The second kappa shape index (κ2) is 7.56. The van der Waals surface area contributed by atoms with Crippen LogP contribution < -0.4 is 4.90 Å². The molecule has 2 aromatic carbocycles. The number of thiazole rings is 1. The van der Waals surface area contributed by atoms with Crippen molar-refractivity contribution in [3.63, 3.8) is 0 Å². The Morgan fingerprint density at radius 2 is 1.71 bits per heavy atom. The van der Waals surface area contributed by atoms with Crippen molar-refractivity contribution in [3.8, 4) is 0 Å². The molecule has 6 heteroatoms. The van der Waals surface area contributed by atoms with Gasteiger partial charge in [-0.1, -0.05) is 48.5 Å². The highest BCUT2D eigenvalue weighted by Crippen LogP contribution is 2.49. The molecule has 1 saturated carbocycles. The van der Waals surface area contributed by atoms with Gasteiger partial charge in [0.2, 0.25) is 5.91 Å². The van der Waals surface area contributed by atoms with Gasteiger partial charge in [-0.15, -0.1) is 11.3 Å². The average Bonchev–Trinajstić information content (AvgIpc) is 3.41. The molecule has 142 valence electrons. The van der Waals surface area contributed by atoms with Crippen molar-refractivity contribution in [1.82, 2.24) is 4.98 Å². The number of esters is 1. The van der Waals surface area contributed by atoms with Gasteiger partial charge in [0.05, 0.1) is 16.8 Å². The van der Waals surface area contributed by atoms with Gasteiger partial charge in [-0.25, -0.2) is 4.98 Å². The van der Waals surface area contributed by atoms with E-state index in [1.165, 1.54) is 18.3 Å². The number of carbonyl (C=O) groups is 2. The third-order valence-corrected chi connectivity index (χ3v) is 5.75. The van der Waals surface area contributed by atoms with Crippen LogP contribution in [-0.4, -0.2) is 16.9 Å². The third-order valence-electron chi connectivity index (χ3n) is 4.88. The molecular formula is C22H20N2O3S. The van der Waals surface area contributed by atoms with Crippen molar-refractivity contribution in [2.45, 2.75) is 31.8 Å². The van der Waals surface area contributed by atoms with E-state index in [1.807, 2.05) is 66.0 Å². The summed E-state index contributed by atoms with van der Waals surface area (Å²) in [5, 5.41) is 2.39. The highest BCUT2D eigenvalue weighted by Gasteiger charge is 2.52. The first-order chi connectivity index (χ1) is 13.6. The quantitative estimate of drug-likeness (QED) is 0.575. The van der Waals surface area contributed by atoms with Crippen molar-refractivity contribution < 1.29 is 14.3 Å². The Bertz CT molecular complexity index is 981. The molecule has 1 aliphatic rings. The lowest BCUT2D eigenvalue weighted by Crippen LogP contribution is -2.23. The molecule has 0 atom stereocenters. The molecule has 4 rings (SSSR count). The Morgan fingerprint density at radius 3 is 2.32 bits per heavy atom. The molecule has 3 aromatic rings. The van der Waals surface area contributed by atoms with E-state index in [-0.39, 0.29) is 18.5 Å². The van der Waals surface area contributed by atoms with Crippen LogP contribution in [0.4, 0.5) is 10.8 Å². The predicted octanol–water partition coefficient (Wildman–Crippen LogP) is 4.60.